The number of thioether (sulfide) groups is 1. The van der Waals surface area contributed by atoms with Crippen LogP contribution in [0.3, 0.4) is 0 Å². The molecule has 0 N–H and O–H groups in total. The highest BCUT2D eigenvalue weighted by Crippen LogP contribution is 2.36. The van der Waals surface area contributed by atoms with E-state index < -0.39 is 11.7 Å². The van der Waals surface area contributed by atoms with Crippen molar-refractivity contribution >= 4 is 29.0 Å². The number of carbonyl (C=O) groups excluding carboxylic acids is 2. The van der Waals surface area contributed by atoms with Gasteiger partial charge in [0.25, 0.3) is 11.1 Å². The van der Waals surface area contributed by atoms with E-state index in [1.807, 2.05) is 31.2 Å². The molecule has 1 aliphatic heterocycles. The fraction of sp³-hybridized carbons (Fsp3) is 0.200. The number of aromatic nitrogens is 1. The Bertz CT molecular complexity index is 1290. The normalized spacial score (nSPS) is 15.7. The van der Waals surface area contributed by atoms with E-state index in [1.165, 1.54) is 11.0 Å². The number of imide groups is 1. The average Bonchev–Trinajstić information content (AvgIpc) is 3.18. The molecule has 0 unspecified atom stereocenters. The second-order valence-corrected chi connectivity index (χ2v) is 8.90. The fourth-order valence-corrected chi connectivity index (χ4v) is 4.72. The van der Waals surface area contributed by atoms with Crippen LogP contribution in [0.2, 0.25) is 0 Å². The Labute approximate surface area is 193 Å². The van der Waals surface area contributed by atoms with Crippen molar-refractivity contribution in [2.45, 2.75) is 33.5 Å². The Morgan fingerprint density at radius 3 is 2.39 bits per heavy atom. The largest absolute Gasteiger partial charge is 0.416 e. The lowest BCUT2D eigenvalue weighted by Gasteiger charge is -2.14. The molecule has 0 spiro atoms. The molecule has 0 saturated carbocycles. The summed E-state index contributed by atoms with van der Waals surface area (Å²) in [5.41, 5.74) is 3.61. The quantitative estimate of drug-likeness (QED) is 0.401. The Morgan fingerprint density at radius 2 is 1.70 bits per heavy atom. The molecule has 1 fully saturated rings. The van der Waals surface area contributed by atoms with Gasteiger partial charge in [0, 0.05) is 17.1 Å². The van der Waals surface area contributed by atoms with Crippen molar-refractivity contribution in [2.24, 2.45) is 0 Å². The summed E-state index contributed by atoms with van der Waals surface area (Å²) in [7, 11) is 0. The van der Waals surface area contributed by atoms with Gasteiger partial charge in [-0.1, -0.05) is 30.3 Å². The summed E-state index contributed by atoms with van der Waals surface area (Å²) >= 11 is 0.868. The van der Waals surface area contributed by atoms with Crippen molar-refractivity contribution in [2.75, 3.05) is 0 Å². The van der Waals surface area contributed by atoms with E-state index in [4.69, 9.17) is 0 Å². The Morgan fingerprint density at radius 1 is 0.970 bits per heavy atom. The van der Waals surface area contributed by atoms with Crippen molar-refractivity contribution in [3.8, 4) is 5.69 Å². The first kappa shape index (κ1) is 22.9. The first-order chi connectivity index (χ1) is 15.6. The third kappa shape index (κ3) is 4.48. The zero-order valence-electron chi connectivity index (χ0n) is 18.2. The second kappa shape index (κ2) is 8.59. The topological polar surface area (TPSA) is 42.3 Å². The number of alkyl halides is 3. The highest BCUT2D eigenvalue weighted by Gasteiger charge is 2.35. The number of halogens is 3. The molecule has 1 aromatic heterocycles. The third-order valence-corrected chi connectivity index (χ3v) is 6.56. The van der Waals surface area contributed by atoms with Gasteiger partial charge in [0.1, 0.15) is 0 Å². The molecule has 0 radical (unpaired) electrons. The third-order valence-electron chi connectivity index (χ3n) is 5.65. The standard InChI is InChI=1S/C25H21F3N2O2S/c1-15-7-4-5-8-18(15)14-29-23(31)22(33-24(29)32)12-19-11-16(2)30(17(19)3)21-10-6-9-20(13-21)25(26,27)28/h4-13H,14H2,1-3H3/b22-12-. The lowest BCUT2D eigenvalue weighted by molar-refractivity contribution is -0.137. The van der Waals surface area contributed by atoms with Gasteiger partial charge in [0.05, 0.1) is 17.0 Å². The van der Waals surface area contributed by atoms with Crippen LogP contribution in [-0.4, -0.2) is 20.6 Å². The summed E-state index contributed by atoms with van der Waals surface area (Å²) in [4.78, 5) is 27.0. The van der Waals surface area contributed by atoms with Crippen LogP contribution in [0.4, 0.5) is 18.0 Å². The molecule has 8 heteroatoms. The number of hydrogen-bond donors (Lipinski definition) is 0. The van der Waals surface area contributed by atoms with Crippen molar-refractivity contribution < 1.29 is 22.8 Å². The van der Waals surface area contributed by atoms with Crippen molar-refractivity contribution in [1.29, 1.82) is 0 Å². The van der Waals surface area contributed by atoms with Crippen LogP contribution in [-0.2, 0) is 17.5 Å². The van der Waals surface area contributed by atoms with E-state index in [-0.39, 0.29) is 22.6 Å². The number of rotatable bonds is 4. The van der Waals surface area contributed by atoms with Gasteiger partial charge < -0.3 is 4.57 Å². The first-order valence-electron chi connectivity index (χ1n) is 10.2. The van der Waals surface area contributed by atoms with Gasteiger partial charge in [0.15, 0.2) is 0 Å². The van der Waals surface area contributed by atoms with Gasteiger partial charge in [-0.15, -0.1) is 0 Å². The summed E-state index contributed by atoms with van der Waals surface area (Å²) in [5.74, 6) is -0.378. The van der Waals surface area contributed by atoms with Crippen molar-refractivity contribution in [1.82, 2.24) is 9.47 Å². The second-order valence-electron chi connectivity index (χ2n) is 7.90. The van der Waals surface area contributed by atoms with Crippen LogP contribution in [0, 0.1) is 20.8 Å². The minimum Gasteiger partial charge on any atom is -0.318 e. The minimum atomic E-state index is -4.44. The zero-order chi connectivity index (χ0) is 23.9. The summed E-state index contributed by atoms with van der Waals surface area (Å²) in [6.45, 7) is 5.68. The maximum atomic E-state index is 13.2. The Balaban J connectivity index is 1.65. The van der Waals surface area contributed by atoms with Gasteiger partial charge in [-0.25, -0.2) is 0 Å². The van der Waals surface area contributed by atoms with Crippen molar-refractivity contribution in [3.63, 3.8) is 0 Å². The van der Waals surface area contributed by atoms with E-state index in [9.17, 15) is 22.8 Å². The average molecular weight is 471 g/mol. The van der Waals surface area contributed by atoms with E-state index in [0.29, 0.717) is 16.9 Å². The van der Waals surface area contributed by atoms with Crippen LogP contribution in [0.1, 0.15) is 33.6 Å². The van der Waals surface area contributed by atoms with Crippen LogP contribution in [0.15, 0.2) is 59.5 Å². The van der Waals surface area contributed by atoms with E-state index in [2.05, 4.69) is 0 Å². The molecule has 0 atom stereocenters. The van der Waals surface area contributed by atoms with E-state index in [0.717, 1.165) is 40.7 Å². The molecule has 2 aromatic carbocycles. The highest BCUT2D eigenvalue weighted by atomic mass is 32.2. The van der Waals surface area contributed by atoms with Gasteiger partial charge in [-0.05, 0) is 79.6 Å². The van der Waals surface area contributed by atoms with Crippen molar-refractivity contribution in [3.05, 3.63) is 93.1 Å². The summed E-state index contributed by atoms with van der Waals surface area (Å²) in [6, 6.07) is 14.5. The molecular weight excluding hydrogens is 449 g/mol. The molecule has 3 aromatic rings. The SMILES string of the molecule is Cc1ccccc1CN1C(=O)S/C(=C\c2cc(C)n(-c3cccc(C(F)(F)F)c3)c2C)C1=O. The van der Waals surface area contributed by atoms with Crippen LogP contribution in [0.5, 0.6) is 0 Å². The molecule has 33 heavy (non-hydrogen) atoms. The molecule has 170 valence electrons. The Hall–Kier alpha value is -3.26. The smallest absolute Gasteiger partial charge is 0.318 e. The number of carbonyl (C=O) groups is 2. The van der Waals surface area contributed by atoms with Crippen LogP contribution >= 0.6 is 11.8 Å². The van der Waals surface area contributed by atoms with Gasteiger partial charge in [-0.2, -0.15) is 13.2 Å². The van der Waals surface area contributed by atoms with Crippen LogP contribution in [0.25, 0.3) is 11.8 Å². The molecule has 0 bridgehead atoms. The summed E-state index contributed by atoms with van der Waals surface area (Å²) < 4.78 is 41.2. The number of aryl methyl sites for hydroxylation is 2. The monoisotopic (exact) mass is 470 g/mol. The predicted molar refractivity (Wildman–Crippen MR) is 123 cm³/mol. The zero-order valence-corrected chi connectivity index (χ0v) is 19.1. The molecule has 2 heterocycles. The van der Waals surface area contributed by atoms with E-state index >= 15 is 0 Å². The maximum Gasteiger partial charge on any atom is 0.416 e. The maximum absolute atomic E-state index is 13.2. The molecule has 4 nitrogen and oxygen atoms in total. The molecule has 4 rings (SSSR count). The lowest BCUT2D eigenvalue weighted by Crippen LogP contribution is -2.27. The molecule has 1 aliphatic rings. The number of hydrogen-bond acceptors (Lipinski definition) is 3. The number of benzene rings is 2. The number of nitrogens with zero attached hydrogens (tertiary/aromatic N) is 2. The fourth-order valence-electron chi connectivity index (χ4n) is 3.89. The highest BCUT2D eigenvalue weighted by molar-refractivity contribution is 8.18. The lowest BCUT2D eigenvalue weighted by atomic mass is 10.1. The van der Waals surface area contributed by atoms with Gasteiger partial charge in [0.2, 0.25) is 0 Å². The van der Waals surface area contributed by atoms with E-state index in [1.54, 1.807) is 36.6 Å². The first-order valence-corrected chi connectivity index (χ1v) is 11.0. The van der Waals surface area contributed by atoms with Crippen LogP contribution < -0.4 is 0 Å². The molecule has 1 saturated heterocycles. The molecule has 2 amide bonds. The minimum absolute atomic E-state index is 0.192. The number of amides is 2. The van der Waals surface area contributed by atoms with Gasteiger partial charge >= 0.3 is 6.18 Å². The predicted octanol–water partition coefficient (Wildman–Crippen LogP) is 6.66. The molecule has 0 aliphatic carbocycles. The molecular formula is C25H21F3N2O2S. The Kier molecular flexibility index (Phi) is 5.97. The summed E-state index contributed by atoms with van der Waals surface area (Å²) in [6.07, 6.45) is -2.81. The summed E-state index contributed by atoms with van der Waals surface area (Å²) in [5, 5.41) is -0.346. The van der Waals surface area contributed by atoms with Gasteiger partial charge in [-0.3, -0.25) is 14.5 Å².